The topological polar surface area (TPSA) is 26.3 Å². The van der Waals surface area contributed by atoms with E-state index in [9.17, 15) is 4.79 Å². The van der Waals surface area contributed by atoms with Gasteiger partial charge in [-0.15, -0.1) is 0 Å². The number of hydrogen-bond donors (Lipinski definition) is 0. The molecular formula is C25H32O2. The van der Waals surface area contributed by atoms with Gasteiger partial charge in [-0.25, -0.2) is 4.79 Å². The molecule has 1 unspecified atom stereocenters. The van der Waals surface area contributed by atoms with E-state index >= 15 is 0 Å². The Kier molecular flexibility index (Phi) is 9.40. The van der Waals surface area contributed by atoms with Gasteiger partial charge < -0.3 is 4.74 Å². The predicted molar refractivity (Wildman–Crippen MR) is 114 cm³/mol. The highest BCUT2D eigenvalue weighted by molar-refractivity contribution is 5.81. The van der Waals surface area contributed by atoms with Crippen molar-refractivity contribution in [2.24, 2.45) is 0 Å². The summed E-state index contributed by atoms with van der Waals surface area (Å²) >= 11 is 0. The minimum Gasteiger partial charge on any atom is -0.459 e. The van der Waals surface area contributed by atoms with E-state index in [1.165, 1.54) is 42.0 Å². The largest absolute Gasteiger partial charge is 0.459 e. The molecule has 0 heterocycles. The van der Waals surface area contributed by atoms with Gasteiger partial charge in [-0.2, -0.15) is 0 Å². The first-order valence-corrected chi connectivity index (χ1v) is 10.2. The SMILES string of the molecule is C=CC(=O)OC(CCCCCC)CCCc1ccc(-c2ccccc2)cc1. The zero-order valence-electron chi connectivity index (χ0n) is 16.5. The molecule has 0 aliphatic carbocycles. The third-order valence-electron chi connectivity index (χ3n) is 4.88. The van der Waals surface area contributed by atoms with E-state index in [0.29, 0.717) is 0 Å². The van der Waals surface area contributed by atoms with Crippen molar-refractivity contribution in [3.8, 4) is 11.1 Å². The van der Waals surface area contributed by atoms with Crippen LogP contribution in [0.15, 0.2) is 67.3 Å². The summed E-state index contributed by atoms with van der Waals surface area (Å²) in [5.74, 6) is -0.303. The van der Waals surface area contributed by atoms with Crippen LogP contribution in [0.25, 0.3) is 11.1 Å². The second-order valence-corrected chi connectivity index (χ2v) is 7.07. The number of carbonyl (C=O) groups excluding carboxylic acids is 1. The number of benzene rings is 2. The maximum Gasteiger partial charge on any atom is 0.330 e. The maximum absolute atomic E-state index is 11.6. The van der Waals surface area contributed by atoms with E-state index in [0.717, 1.165) is 32.1 Å². The van der Waals surface area contributed by atoms with E-state index in [1.54, 1.807) is 0 Å². The molecule has 0 fully saturated rings. The standard InChI is InChI=1S/C25H32O2/c1-3-5-6-10-15-24(27-25(26)4-2)16-11-12-21-17-19-23(20-18-21)22-13-8-7-9-14-22/h4,7-9,13-14,17-20,24H,2-3,5-6,10-12,15-16H2,1H3. The first-order valence-electron chi connectivity index (χ1n) is 10.2. The molecule has 0 N–H and O–H groups in total. The van der Waals surface area contributed by atoms with Gasteiger partial charge >= 0.3 is 5.97 Å². The molecular weight excluding hydrogens is 332 g/mol. The minimum absolute atomic E-state index is 0.0101. The van der Waals surface area contributed by atoms with Crippen molar-refractivity contribution in [2.75, 3.05) is 0 Å². The molecule has 0 amide bonds. The van der Waals surface area contributed by atoms with Gasteiger partial charge in [0.15, 0.2) is 0 Å². The second-order valence-electron chi connectivity index (χ2n) is 7.07. The molecule has 0 aliphatic rings. The van der Waals surface area contributed by atoms with Crippen LogP contribution in [0.3, 0.4) is 0 Å². The number of unbranched alkanes of at least 4 members (excludes halogenated alkanes) is 3. The van der Waals surface area contributed by atoms with Crippen LogP contribution in [-0.2, 0) is 16.0 Å². The van der Waals surface area contributed by atoms with Crippen LogP contribution in [-0.4, -0.2) is 12.1 Å². The molecule has 2 rings (SSSR count). The highest BCUT2D eigenvalue weighted by Crippen LogP contribution is 2.21. The fourth-order valence-corrected chi connectivity index (χ4v) is 3.30. The average Bonchev–Trinajstić information content (AvgIpc) is 2.72. The summed E-state index contributed by atoms with van der Waals surface area (Å²) in [5.41, 5.74) is 3.81. The van der Waals surface area contributed by atoms with E-state index in [2.05, 4.69) is 62.0 Å². The Morgan fingerprint density at radius 3 is 2.26 bits per heavy atom. The molecule has 0 aliphatic heterocycles. The van der Waals surface area contributed by atoms with Crippen molar-refractivity contribution < 1.29 is 9.53 Å². The van der Waals surface area contributed by atoms with Gasteiger partial charge in [0.2, 0.25) is 0 Å². The molecule has 27 heavy (non-hydrogen) atoms. The van der Waals surface area contributed by atoms with E-state index in [4.69, 9.17) is 4.74 Å². The Labute approximate surface area is 164 Å². The van der Waals surface area contributed by atoms with Crippen LogP contribution in [0.1, 0.15) is 57.4 Å². The third-order valence-corrected chi connectivity index (χ3v) is 4.88. The van der Waals surface area contributed by atoms with Crippen LogP contribution in [0.5, 0.6) is 0 Å². The van der Waals surface area contributed by atoms with Crippen molar-refractivity contribution in [3.63, 3.8) is 0 Å². The first-order chi connectivity index (χ1) is 13.2. The molecule has 0 radical (unpaired) electrons. The zero-order chi connectivity index (χ0) is 19.3. The molecule has 2 heteroatoms. The van der Waals surface area contributed by atoms with Crippen molar-refractivity contribution in [3.05, 3.63) is 72.8 Å². The lowest BCUT2D eigenvalue weighted by Crippen LogP contribution is -2.17. The summed E-state index contributed by atoms with van der Waals surface area (Å²) in [4.78, 5) is 11.6. The monoisotopic (exact) mass is 364 g/mol. The summed E-state index contributed by atoms with van der Waals surface area (Å²) in [6, 6.07) is 19.2. The Bertz CT molecular complexity index is 673. The number of hydrogen-bond acceptors (Lipinski definition) is 2. The Morgan fingerprint density at radius 2 is 1.59 bits per heavy atom. The minimum atomic E-state index is -0.303. The summed E-state index contributed by atoms with van der Waals surface area (Å²) in [6.07, 6.45) is 9.95. The van der Waals surface area contributed by atoms with Crippen molar-refractivity contribution in [2.45, 2.75) is 64.4 Å². The Morgan fingerprint density at radius 1 is 0.926 bits per heavy atom. The van der Waals surface area contributed by atoms with Crippen LogP contribution in [0, 0.1) is 0 Å². The maximum atomic E-state index is 11.6. The van der Waals surface area contributed by atoms with E-state index in [1.807, 2.05) is 6.07 Å². The number of aryl methyl sites for hydroxylation is 1. The Balaban J connectivity index is 1.81. The molecule has 2 aromatic carbocycles. The van der Waals surface area contributed by atoms with E-state index < -0.39 is 0 Å². The average molecular weight is 365 g/mol. The lowest BCUT2D eigenvalue weighted by molar-refractivity contribution is -0.143. The molecule has 0 saturated heterocycles. The van der Waals surface area contributed by atoms with Crippen LogP contribution in [0.4, 0.5) is 0 Å². The fourth-order valence-electron chi connectivity index (χ4n) is 3.30. The quantitative estimate of drug-likeness (QED) is 0.237. The number of esters is 1. The number of carbonyl (C=O) groups is 1. The highest BCUT2D eigenvalue weighted by Gasteiger charge is 2.12. The van der Waals surface area contributed by atoms with Gasteiger partial charge in [0.1, 0.15) is 6.10 Å². The van der Waals surface area contributed by atoms with Crippen molar-refractivity contribution in [1.29, 1.82) is 0 Å². The van der Waals surface area contributed by atoms with Gasteiger partial charge in [0, 0.05) is 6.08 Å². The molecule has 0 aromatic heterocycles. The van der Waals surface area contributed by atoms with Crippen LogP contribution >= 0.6 is 0 Å². The Hall–Kier alpha value is -2.35. The second kappa shape index (κ2) is 12.1. The zero-order valence-corrected chi connectivity index (χ0v) is 16.5. The fraction of sp³-hybridized carbons (Fsp3) is 0.400. The molecule has 144 valence electrons. The first kappa shape index (κ1) is 21.0. The molecule has 0 bridgehead atoms. The molecule has 0 spiro atoms. The number of rotatable bonds is 12. The van der Waals surface area contributed by atoms with Crippen molar-refractivity contribution in [1.82, 2.24) is 0 Å². The molecule has 1 atom stereocenters. The summed E-state index contributed by atoms with van der Waals surface area (Å²) < 4.78 is 5.54. The molecule has 2 nitrogen and oxygen atoms in total. The van der Waals surface area contributed by atoms with Crippen LogP contribution < -0.4 is 0 Å². The smallest absolute Gasteiger partial charge is 0.330 e. The van der Waals surface area contributed by atoms with Gasteiger partial charge in [0.25, 0.3) is 0 Å². The predicted octanol–water partition coefficient (Wildman–Crippen LogP) is 6.74. The lowest BCUT2D eigenvalue weighted by Gasteiger charge is -2.17. The highest BCUT2D eigenvalue weighted by atomic mass is 16.5. The van der Waals surface area contributed by atoms with Crippen LogP contribution in [0.2, 0.25) is 0 Å². The normalized spacial score (nSPS) is 11.7. The van der Waals surface area contributed by atoms with Gasteiger partial charge in [0.05, 0.1) is 0 Å². The third kappa shape index (κ3) is 7.82. The summed E-state index contributed by atoms with van der Waals surface area (Å²) in [7, 11) is 0. The summed E-state index contributed by atoms with van der Waals surface area (Å²) in [6.45, 7) is 5.72. The van der Waals surface area contributed by atoms with Crippen molar-refractivity contribution >= 4 is 5.97 Å². The lowest BCUT2D eigenvalue weighted by atomic mass is 9.99. The van der Waals surface area contributed by atoms with E-state index in [-0.39, 0.29) is 12.1 Å². The van der Waals surface area contributed by atoms with Gasteiger partial charge in [-0.3, -0.25) is 0 Å². The summed E-state index contributed by atoms with van der Waals surface area (Å²) in [5, 5.41) is 0. The number of ether oxygens (including phenoxy) is 1. The van der Waals surface area contributed by atoms with Gasteiger partial charge in [-0.1, -0.05) is 87.4 Å². The molecule has 0 saturated carbocycles. The van der Waals surface area contributed by atoms with Gasteiger partial charge in [-0.05, 0) is 48.8 Å². The molecule has 2 aromatic rings.